The average Bonchev–Trinajstić information content (AvgIpc) is 3.23. The highest BCUT2D eigenvalue weighted by Gasteiger charge is 2.38. The third-order valence-corrected chi connectivity index (χ3v) is 6.99. The second-order valence-electron chi connectivity index (χ2n) is 9.13. The van der Waals surface area contributed by atoms with E-state index in [1.807, 2.05) is 0 Å². The molecule has 1 saturated heterocycles. The molecule has 1 aliphatic rings. The highest BCUT2D eigenvalue weighted by Crippen LogP contribution is 2.30. The van der Waals surface area contributed by atoms with Crippen molar-refractivity contribution in [3.8, 4) is 0 Å². The molecule has 1 heterocycles. The topological polar surface area (TPSA) is 162 Å². The summed E-state index contributed by atoms with van der Waals surface area (Å²) in [5.74, 6) is -3.44. The van der Waals surface area contributed by atoms with Gasteiger partial charge in [0.2, 0.25) is 11.8 Å². The predicted molar refractivity (Wildman–Crippen MR) is 140 cm³/mol. The van der Waals surface area contributed by atoms with E-state index in [2.05, 4.69) is 16.0 Å². The zero-order valence-corrected chi connectivity index (χ0v) is 21.8. The summed E-state index contributed by atoms with van der Waals surface area (Å²) in [7, 11) is 0. The number of amides is 3. The van der Waals surface area contributed by atoms with Crippen LogP contribution in [0.15, 0.2) is 42.5 Å². The minimum atomic E-state index is -1.22. The Morgan fingerprint density at radius 1 is 0.974 bits per heavy atom. The van der Waals surface area contributed by atoms with E-state index in [4.69, 9.17) is 28.3 Å². The van der Waals surface area contributed by atoms with Gasteiger partial charge in [-0.3, -0.25) is 19.2 Å². The van der Waals surface area contributed by atoms with Crippen molar-refractivity contribution in [3.63, 3.8) is 0 Å². The SMILES string of the molecule is O=C(O)CCC1(CCC(=O)N[C@@H](Cc2ccc(NC(=O)c3c(Cl)cccc3Cl)cc2)C(=O)O)CCC(=O)N1. The molecule has 3 amide bonds. The van der Waals surface area contributed by atoms with Crippen LogP contribution in [0.5, 0.6) is 0 Å². The molecule has 2 aromatic carbocycles. The van der Waals surface area contributed by atoms with Gasteiger partial charge in [-0.2, -0.15) is 0 Å². The number of anilines is 1. The van der Waals surface area contributed by atoms with E-state index in [0.717, 1.165) is 0 Å². The Labute approximate surface area is 228 Å². The number of hydrogen-bond donors (Lipinski definition) is 5. The van der Waals surface area contributed by atoms with Crippen LogP contribution in [-0.4, -0.2) is 51.5 Å². The summed E-state index contributed by atoms with van der Waals surface area (Å²) >= 11 is 12.1. The molecule has 0 bridgehead atoms. The van der Waals surface area contributed by atoms with Crippen LogP contribution in [0, 0.1) is 0 Å². The van der Waals surface area contributed by atoms with Gasteiger partial charge in [-0.05, 0) is 49.1 Å². The molecule has 12 heteroatoms. The van der Waals surface area contributed by atoms with Crippen LogP contribution in [0.3, 0.4) is 0 Å². The third-order valence-electron chi connectivity index (χ3n) is 6.36. The second kappa shape index (κ2) is 12.7. The number of rotatable bonds is 12. The Hall–Kier alpha value is -3.63. The smallest absolute Gasteiger partial charge is 0.326 e. The van der Waals surface area contributed by atoms with Crippen molar-refractivity contribution in [2.45, 2.75) is 56.5 Å². The quantitative estimate of drug-likeness (QED) is 0.263. The fourth-order valence-electron chi connectivity index (χ4n) is 4.31. The second-order valence-corrected chi connectivity index (χ2v) is 9.95. The molecule has 38 heavy (non-hydrogen) atoms. The molecule has 3 rings (SSSR count). The van der Waals surface area contributed by atoms with Gasteiger partial charge in [0.1, 0.15) is 6.04 Å². The minimum Gasteiger partial charge on any atom is -0.481 e. The maximum absolute atomic E-state index is 12.6. The minimum absolute atomic E-state index is 0.00741. The lowest BCUT2D eigenvalue weighted by atomic mass is 9.86. The van der Waals surface area contributed by atoms with E-state index in [0.29, 0.717) is 17.7 Å². The molecule has 0 aromatic heterocycles. The van der Waals surface area contributed by atoms with Crippen molar-refractivity contribution in [2.24, 2.45) is 0 Å². The fraction of sp³-hybridized carbons (Fsp3) is 0.346. The van der Waals surface area contributed by atoms with Gasteiger partial charge in [-0.15, -0.1) is 0 Å². The molecule has 1 aliphatic heterocycles. The summed E-state index contributed by atoms with van der Waals surface area (Å²) in [5, 5.41) is 27.0. The van der Waals surface area contributed by atoms with Gasteiger partial charge in [0.15, 0.2) is 0 Å². The van der Waals surface area contributed by atoms with Gasteiger partial charge in [0.05, 0.1) is 15.6 Å². The predicted octanol–water partition coefficient (Wildman–Crippen LogP) is 3.65. The molecule has 2 aromatic rings. The maximum atomic E-state index is 12.6. The van der Waals surface area contributed by atoms with Gasteiger partial charge < -0.3 is 26.2 Å². The van der Waals surface area contributed by atoms with Gasteiger partial charge in [-0.25, -0.2) is 4.79 Å². The largest absolute Gasteiger partial charge is 0.481 e. The number of carbonyl (C=O) groups is 5. The summed E-state index contributed by atoms with van der Waals surface area (Å²) < 4.78 is 0. The van der Waals surface area contributed by atoms with Crippen LogP contribution < -0.4 is 16.0 Å². The van der Waals surface area contributed by atoms with Crippen molar-refractivity contribution in [2.75, 3.05) is 5.32 Å². The maximum Gasteiger partial charge on any atom is 0.326 e. The molecule has 10 nitrogen and oxygen atoms in total. The first-order valence-electron chi connectivity index (χ1n) is 11.9. The molecular formula is C26H27Cl2N3O7. The van der Waals surface area contributed by atoms with Crippen molar-refractivity contribution < 1.29 is 34.2 Å². The summed E-state index contributed by atoms with van der Waals surface area (Å²) in [5.41, 5.74) is 0.388. The zero-order chi connectivity index (χ0) is 27.9. The zero-order valence-electron chi connectivity index (χ0n) is 20.3. The number of hydrogen-bond acceptors (Lipinski definition) is 5. The monoisotopic (exact) mass is 563 g/mol. The van der Waals surface area contributed by atoms with E-state index in [9.17, 15) is 29.1 Å². The Morgan fingerprint density at radius 2 is 1.61 bits per heavy atom. The van der Waals surface area contributed by atoms with Crippen LogP contribution >= 0.6 is 23.2 Å². The molecule has 0 radical (unpaired) electrons. The van der Waals surface area contributed by atoms with Gasteiger partial charge in [0.25, 0.3) is 5.91 Å². The van der Waals surface area contributed by atoms with Crippen LogP contribution in [-0.2, 0) is 25.6 Å². The molecule has 1 unspecified atom stereocenters. The number of carboxylic acid groups (broad SMARTS) is 2. The van der Waals surface area contributed by atoms with Crippen molar-refractivity contribution in [1.82, 2.24) is 10.6 Å². The van der Waals surface area contributed by atoms with Crippen LogP contribution in [0.1, 0.15) is 54.4 Å². The van der Waals surface area contributed by atoms with E-state index in [1.54, 1.807) is 42.5 Å². The highest BCUT2D eigenvalue weighted by molar-refractivity contribution is 6.40. The van der Waals surface area contributed by atoms with E-state index in [-0.39, 0.29) is 60.0 Å². The highest BCUT2D eigenvalue weighted by atomic mass is 35.5. The summed E-state index contributed by atoms with van der Waals surface area (Å²) in [6.45, 7) is 0. The van der Waals surface area contributed by atoms with Gasteiger partial charge >= 0.3 is 11.9 Å². The number of carboxylic acids is 2. The first-order valence-corrected chi connectivity index (χ1v) is 12.6. The molecule has 0 spiro atoms. The fourth-order valence-corrected chi connectivity index (χ4v) is 4.88. The standard InChI is InChI=1S/C26H27Cl2N3O7/c27-17-2-1-3-18(28)23(17)24(36)29-16-6-4-15(5-7-16)14-19(25(37)38)30-20(32)8-11-26(13-10-22(34)35)12-9-21(33)31-26/h1-7,19H,8-14H2,(H,29,36)(H,30,32)(H,31,33)(H,34,35)(H,37,38)/t19-,26?/m0/s1. The van der Waals surface area contributed by atoms with Crippen molar-refractivity contribution in [1.29, 1.82) is 0 Å². The molecule has 0 aliphatic carbocycles. The number of carbonyl (C=O) groups excluding carboxylic acids is 3. The number of nitrogens with one attached hydrogen (secondary N) is 3. The first kappa shape index (κ1) is 28.9. The lowest BCUT2D eigenvalue weighted by Crippen LogP contribution is -2.45. The van der Waals surface area contributed by atoms with Crippen LogP contribution in [0.25, 0.3) is 0 Å². The van der Waals surface area contributed by atoms with Gasteiger partial charge in [-0.1, -0.05) is 41.4 Å². The summed E-state index contributed by atoms with van der Waals surface area (Å²) in [6.07, 6.45) is 0.831. The first-order chi connectivity index (χ1) is 18.0. The number of benzene rings is 2. The Bertz CT molecular complexity index is 1220. The van der Waals surface area contributed by atoms with E-state index >= 15 is 0 Å². The van der Waals surface area contributed by atoms with Crippen LogP contribution in [0.2, 0.25) is 10.0 Å². The Balaban J connectivity index is 1.57. The van der Waals surface area contributed by atoms with E-state index < -0.39 is 35.3 Å². The lowest BCUT2D eigenvalue weighted by molar-refractivity contribution is -0.142. The molecule has 1 fully saturated rings. The summed E-state index contributed by atoms with van der Waals surface area (Å²) in [6, 6.07) is 9.94. The molecule has 0 saturated carbocycles. The average molecular weight is 564 g/mol. The van der Waals surface area contributed by atoms with Gasteiger partial charge in [0, 0.05) is 36.9 Å². The molecule has 2 atom stereocenters. The molecular weight excluding hydrogens is 537 g/mol. The summed E-state index contributed by atoms with van der Waals surface area (Å²) in [4.78, 5) is 59.6. The Kier molecular flexibility index (Phi) is 9.71. The Morgan fingerprint density at radius 3 is 2.16 bits per heavy atom. The van der Waals surface area contributed by atoms with E-state index in [1.165, 1.54) is 0 Å². The van der Waals surface area contributed by atoms with Crippen molar-refractivity contribution in [3.05, 3.63) is 63.6 Å². The number of halogens is 2. The molecule has 5 N–H and O–H groups in total. The third kappa shape index (κ3) is 7.93. The molecule has 202 valence electrons. The number of aliphatic carboxylic acids is 2. The lowest BCUT2D eigenvalue weighted by Gasteiger charge is -2.28. The normalized spacial score (nSPS) is 17.4. The van der Waals surface area contributed by atoms with Crippen molar-refractivity contribution >= 4 is 58.5 Å². The van der Waals surface area contributed by atoms with Crippen LogP contribution in [0.4, 0.5) is 5.69 Å².